The Hall–Kier alpha value is -1.69. The third-order valence-electron chi connectivity index (χ3n) is 3.20. The molecule has 5 nitrogen and oxygen atoms in total. The van der Waals surface area contributed by atoms with Crippen molar-refractivity contribution in [3.8, 4) is 11.4 Å². The summed E-state index contributed by atoms with van der Waals surface area (Å²) in [5.41, 5.74) is 0.734. The van der Waals surface area contributed by atoms with Gasteiger partial charge < -0.3 is 0 Å². The average Bonchev–Trinajstić information content (AvgIpc) is 3.04. The van der Waals surface area contributed by atoms with E-state index >= 15 is 0 Å². The number of hydrogen-bond donors (Lipinski definition) is 0. The molecular weight excluding hydrogens is 262 g/mol. The number of hydrogen-bond acceptors (Lipinski definition) is 4. The van der Waals surface area contributed by atoms with Crippen molar-refractivity contribution in [1.29, 1.82) is 0 Å². The van der Waals surface area contributed by atoms with Crippen molar-refractivity contribution in [3.63, 3.8) is 0 Å². The molecule has 0 aliphatic heterocycles. The van der Waals surface area contributed by atoms with Gasteiger partial charge in [-0.05, 0) is 30.9 Å². The third kappa shape index (κ3) is 2.84. The summed E-state index contributed by atoms with van der Waals surface area (Å²) >= 11 is 0. The lowest BCUT2D eigenvalue weighted by Gasteiger charge is -2.00. The Morgan fingerprint density at radius 1 is 1.37 bits per heavy atom. The highest BCUT2D eigenvalue weighted by Gasteiger charge is 2.22. The Kier molecular flexibility index (Phi) is 2.89. The van der Waals surface area contributed by atoms with Gasteiger partial charge >= 0.3 is 0 Å². The zero-order chi connectivity index (χ0) is 13.5. The van der Waals surface area contributed by atoms with Gasteiger partial charge in [-0.15, -0.1) is 0 Å². The molecule has 0 N–H and O–H groups in total. The summed E-state index contributed by atoms with van der Waals surface area (Å²) in [7, 11) is -3.20. The minimum absolute atomic E-state index is 0.295. The van der Waals surface area contributed by atoms with Crippen LogP contribution >= 0.6 is 0 Å². The smallest absolute Gasteiger partial charge is 0.181 e. The summed E-state index contributed by atoms with van der Waals surface area (Å²) < 4.78 is 24.9. The van der Waals surface area contributed by atoms with Gasteiger partial charge in [-0.3, -0.25) is 4.68 Å². The fourth-order valence-corrected chi connectivity index (χ4v) is 2.61. The maximum absolute atomic E-state index is 11.5. The molecule has 1 aliphatic carbocycles. The molecular formula is C13H15N3O2S. The van der Waals surface area contributed by atoms with Crippen LogP contribution in [0.2, 0.25) is 0 Å². The van der Waals surface area contributed by atoms with Crippen molar-refractivity contribution in [3.05, 3.63) is 30.6 Å². The molecule has 19 heavy (non-hydrogen) atoms. The van der Waals surface area contributed by atoms with Crippen molar-refractivity contribution >= 4 is 9.84 Å². The van der Waals surface area contributed by atoms with Gasteiger partial charge in [0.15, 0.2) is 15.7 Å². The van der Waals surface area contributed by atoms with E-state index in [4.69, 9.17) is 0 Å². The lowest BCUT2D eigenvalue weighted by molar-refractivity contribution is 0.563. The third-order valence-corrected chi connectivity index (χ3v) is 4.31. The molecule has 1 fully saturated rings. The number of benzene rings is 1. The summed E-state index contributed by atoms with van der Waals surface area (Å²) in [6, 6.07) is 6.74. The SMILES string of the molecule is CS(=O)(=O)c1cccc(-c2ncn(CC3CC3)n2)c1. The Balaban J connectivity index is 1.90. The van der Waals surface area contributed by atoms with Crippen LogP contribution in [-0.4, -0.2) is 29.4 Å². The van der Waals surface area contributed by atoms with Crippen LogP contribution in [-0.2, 0) is 16.4 Å². The topological polar surface area (TPSA) is 64.8 Å². The molecule has 1 aromatic heterocycles. The van der Waals surface area contributed by atoms with Gasteiger partial charge in [0.25, 0.3) is 0 Å². The Labute approximate surface area is 112 Å². The largest absolute Gasteiger partial charge is 0.252 e. The molecule has 0 radical (unpaired) electrons. The number of rotatable bonds is 4. The van der Waals surface area contributed by atoms with Crippen molar-refractivity contribution in [1.82, 2.24) is 14.8 Å². The van der Waals surface area contributed by atoms with Crippen LogP contribution in [0.25, 0.3) is 11.4 Å². The van der Waals surface area contributed by atoms with Gasteiger partial charge in [-0.1, -0.05) is 12.1 Å². The van der Waals surface area contributed by atoms with Crippen LogP contribution < -0.4 is 0 Å². The molecule has 3 rings (SSSR count). The van der Waals surface area contributed by atoms with Crippen molar-refractivity contribution in [2.24, 2.45) is 5.92 Å². The number of sulfone groups is 1. The highest BCUT2D eigenvalue weighted by molar-refractivity contribution is 7.90. The predicted octanol–water partition coefficient (Wildman–Crippen LogP) is 1.76. The van der Waals surface area contributed by atoms with Crippen LogP contribution in [0.4, 0.5) is 0 Å². The van der Waals surface area contributed by atoms with Gasteiger partial charge in [-0.25, -0.2) is 13.4 Å². The van der Waals surface area contributed by atoms with Crippen LogP contribution in [0.5, 0.6) is 0 Å². The lowest BCUT2D eigenvalue weighted by Crippen LogP contribution is -2.00. The van der Waals surface area contributed by atoms with Crippen molar-refractivity contribution in [2.45, 2.75) is 24.3 Å². The number of nitrogens with zero attached hydrogens (tertiary/aromatic N) is 3. The van der Waals surface area contributed by atoms with Crippen molar-refractivity contribution < 1.29 is 8.42 Å². The molecule has 1 saturated carbocycles. The summed E-state index contributed by atoms with van der Waals surface area (Å²) in [4.78, 5) is 4.54. The van der Waals surface area contributed by atoms with Gasteiger partial charge in [0.2, 0.25) is 0 Å². The second kappa shape index (κ2) is 4.45. The quantitative estimate of drug-likeness (QED) is 0.854. The number of aromatic nitrogens is 3. The summed E-state index contributed by atoms with van der Waals surface area (Å²) in [6.45, 7) is 0.902. The minimum atomic E-state index is -3.20. The highest BCUT2D eigenvalue weighted by atomic mass is 32.2. The molecule has 1 heterocycles. The van der Waals surface area contributed by atoms with E-state index in [2.05, 4.69) is 10.1 Å². The van der Waals surface area contributed by atoms with E-state index in [1.165, 1.54) is 19.1 Å². The minimum Gasteiger partial charge on any atom is -0.252 e. The molecule has 6 heteroatoms. The van der Waals surface area contributed by atoms with E-state index in [1.54, 1.807) is 24.5 Å². The lowest BCUT2D eigenvalue weighted by atomic mass is 10.2. The molecule has 0 saturated heterocycles. The normalized spacial score (nSPS) is 15.6. The highest BCUT2D eigenvalue weighted by Crippen LogP contribution is 2.30. The molecule has 0 bridgehead atoms. The van der Waals surface area contributed by atoms with E-state index in [0.29, 0.717) is 10.7 Å². The molecule has 0 atom stereocenters. The summed E-state index contributed by atoms with van der Waals surface area (Å²) in [5.74, 6) is 1.31. The van der Waals surface area contributed by atoms with E-state index in [1.807, 2.05) is 10.7 Å². The van der Waals surface area contributed by atoms with Gasteiger partial charge in [0.1, 0.15) is 6.33 Å². The standard InChI is InChI=1S/C13H15N3O2S/c1-19(17,18)12-4-2-3-11(7-12)13-14-9-16(15-13)8-10-5-6-10/h2-4,7,9-10H,5-6,8H2,1H3. The first-order valence-corrected chi connectivity index (χ1v) is 8.11. The maximum atomic E-state index is 11.5. The Morgan fingerprint density at radius 2 is 2.16 bits per heavy atom. The molecule has 0 unspecified atom stereocenters. The second-order valence-electron chi connectivity index (χ2n) is 5.03. The predicted molar refractivity (Wildman–Crippen MR) is 71.3 cm³/mol. The van der Waals surface area contributed by atoms with E-state index in [-0.39, 0.29) is 0 Å². The zero-order valence-electron chi connectivity index (χ0n) is 10.7. The molecule has 2 aromatic rings. The van der Waals surface area contributed by atoms with Gasteiger partial charge in [0, 0.05) is 18.4 Å². The van der Waals surface area contributed by atoms with Crippen LogP contribution in [0.1, 0.15) is 12.8 Å². The fourth-order valence-electron chi connectivity index (χ4n) is 1.95. The summed E-state index contributed by atoms with van der Waals surface area (Å²) in [5, 5.41) is 4.39. The van der Waals surface area contributed by atoms with E-state index < -0.39 is 9.84 Å². The van der Waals surface area contributed by atoms with Gasteiger partial charge in [-0.2, -0.15) is 5.10 Å². The average molecular weight is 277 g/mol. The Bertz CT molecular complexity index is 702. The van der Waals surface area contributed by atoms with Crippen molar-refractivity contribution in [2.75, 3.05) is 6.26 Å². The zero-order valence-corrected chi connectivity index (χ0v) is 11.5. The molecule has 0 amide bonds. The van der Waals surface area contributed by atoms with Crippen LogP contribution in [0.3, 0.4) is 0 Å². The molecule has 1 aliphatic rings. The molecule has 1 aromatic carbocycles. The van der Waals surface area contributed by atoms with Crippen LogP contribution in [0.15, 0.2) is 35.5 Å². The first kappa shape index (κ1) is 12.3. The molecule has 0 spiro atoms. The van der Waals surface area contributed by atoms with Gasteiger partial charge in [0.05, 0.1) is 4.90 Å². The Morgan fingerprint density at radius 3 is 2.84 bits per heavy atom. The first-order valence-electron chi connectivity index (χ1n) is 6.22. The summed E-state index contributed by atoms with van der Waals surface area (Å²) in [6.07, 6.45) is 5.43. The van der Waals surface area contributed by atoms with Crippen LogP contribution in [0, 0.1) is 5.92 Å². The second-order valence-corrected chi connectivity index (χ2v) is 7.05. The monoisotopic (exact) mass is 277 g/mol. The van der Waals surface area contributed by atoms with E-state index in [0.717, 1.165) is 18.0 Å². The molecule has 100 valence electrons. The fraction of sp³-hybridized carbons (Fsp3) is 0.385. The first-order chi connectivity index (χ1) is 9.02. The maximum Gasteiger partial charge on any atom is 0.181 e. The van der Waals surface area contributed by atoms with E-state index in [9.17, 15) is 8.42 Å².